The molecule has 94 valence electrons. The highest BCUT2D eigenvalue weighted by Crippen LogP contribution is 2.21. The van der Waals surface area contributed by atoms with Crippen LogP contribution in [0.15, 0.2) is 34.8 Å². The van der Waals surface area contributed by atoms with Crippen LogP contribution in [0.2, 0.25) is 5.15 Å². The Kier molecular flexibility index (Phi) is 4.04. The second-order valence-electron chi connectivity index (χ2n) is 3.85. The van der Waals surface area contributed by atoms with Gasteiger partial charge in [0.25, 0.3) is 0 Å². The van der Waals surface area contributed by atoms with Gasteiger partial charge in [-0.1, -0.05) is 39.7 Å². The maximum Gasteiger partial charge on any atom is 0.223 e. The average Bonchev–Trinajstić information content (AvgIpc) is 2.28. The predicted octanol–water partition coefficient (Wildman–Crippen LogP) is 3.65. The SMILES string of the molecule is CC(Nc1cc(Cl)nc(N)n1)c1ccc(Br)cc1. The fourth-order valence-corrected chi connectivity index (χ4v) is 2.02. The summed E-state index contributed by atoms with van der Waals surface area (Å²) >= 11 is 9.23. The largest absolute Gasteiger partial charge is 0.368 e. The molecular weight excluding hydrogens is 316 g/mol. The number of anilines is 2. The van der Waals surface area contributed by atoms with Crippen LogP contribution in [0.3, 0.4) is 0 Å². The van der Waals surface area contributed by atoms with Crippen LogP contribution in [0.4, 0.5) is 11.8 Å². The molecule has 2 aromatic rings. The van der Waals surface area contributed by atoms with E-state index in [0.717, 1.165) is 10.0 Å². The smallest absolute Gasteiger partial charge is 0.223 e. The Morgan fingerprint density at radius 2 is 1.94 bits per heavy atom. The molecular formula is C12H12BrClN4. The van der Waals surface area contributed by atoms with Gasteiger partial charge in [0.1, 0.15) is 11.0 Å². The molecule has 0 radical (unpaired) electrons. The van der Waals surface area contributed by atoms with Crippen LogP contribution < -0.4 is 11.1 Å². The summed E-state index contributed by atoms with van der Waals surface area (Å²) in [5.41, 5.74) is 6.69. The van der Waals surface area contributed by atoms with Gasteiger partial charge in [-0.05, 0) is 24.6 Å². The predicted molar refractivity (Wildman–Crippen MR) is 77.6 cm³/mol. The van der Waals surface area contributed by atoms with E-state index in [1.54, 1.807) is 6.07 Å². The third-order valence-corrected chi connectivity index (χ3v) is 3.17. The van der Waals surface area contributed by atoms with Crippen LogP contribution in [0, 0.1) is 0 Å². The lowest BCUT2D eigenvalue weighted by molar-refractivity contribution is 0.873. The first-order chi connectivity index (χ1) is 8.54. The molecule has 0 aliphatic heterocycles. The molecule has 6 heteroatoms. The minimum Gasteiger partial charge on any atom is -0.368 e. The zero-order valence-corrected chi connectivity index (χ0v) is 12.0. The molecule has 1 aromatic carbocycles. The van der Waals surface area contributed by atoms with E-state index in [0.29, 0.717) is 11.0 Å². The number of nitrogens with zero attached hydrogens (tertiary/aromatic N) is 2. The van der Waals surface area contributed by atoms with E-state index in [2.05, 4.69) is 31.2 Å². The molecule has 0 saturated heterocycles. The lowest BCUT2D eigenvalue weighted by atomic mass is 10.1. The third kappa shape index (κ3) is 3.34. The van der Waals surface area contributed by atoms with E-state index in [4.69, 9.17) is 17.3 Å². The van der Waals surface area contributed by atoms with Crippen molar-refractivity contribution in [1.82, 2.24) is 9.97 Å². The lowest BCUT2D eigenvalue weighted by Gasteiger charge is -2.15. The number of nitrogens with one attached hydrogen (secondary N) is 1. The van der Waals surface area contributed by atoms with Gasteiger partial charge in [0, 0.05) is 16.6 Å². The molecule has 0 saturated carbocycles. The van der Waals surface area contributed by atoms with E-state index in [1.807, 2.05) is 31.2 Å². The number of nitrogens with two attached hydrogens (primary N) is 1. The van der Waals surface area contributed by atoms with Crippen molar-refractivity contribution >= 4 is 39.3 Å². The van der Waals surface area contributed by atoms with E-state index in [9.17, 15) is 0 Å². The monoisotopic (exact) mass is 326 g/mol. The summed E-state index contributed by atoms with van der Waals surface area (Å²) in [4.78, 5) is 7.89. The number of hydrogen-bond donors (Lipinski definition) is 2. The van der Waals surface area contributed by atoms with Gasteiger partial charge in [0.05, 0.1) is 0 Å². The summed E-state index contributed by atoms with van der Waals surface area (Å²) in [6.07, 6.45) is 0. The first-order valence-electron chi connectivity index (χ1n) is 5.36. The zero-order chi connectivity index (χ0) is 13.1. The molecule has 0 aliphatic carbocycles. The van der Waals surface area contributed by atoms with Crippen molar-refractivity contribution < 1.29 is 0 Å². The number of benzene rings is 1. The summed E-state index contributed by atoms with van der Waals surface area (Å²) in [5.74, 6) is 0.774. The van der Waals surface area contributed by atoms with Crippen molar-refractivity contribution in [3.8, 4) is 0 Å². The van der Waals surface area contributed by atoms with Crippen LogP contribution >= 0.6 is 27.5 Å². The number of hydrogen-bond acceptors (Lipinski definition) is 4. The van der Waals surface area contributed by atoms with Gasteiger partial charge in [-0.2, -0.15) is 4.98 Å². The van der Waals surface area contributed by atoms with Crippen LogP contribution in [0.1, 0.15) is 18.5 Å². The molecule has 0 fully saturated rings. The Bertz CT molecular complexity index is 524. The summed E-state index contributed by atoms with van der Waals surface area (Å²) in [7, 11) is 0. The molecule has 4 nitrogen and oxygen atoms in total. The molecule has 2 rings (SSSR count). The standard InChI is InChI=1S/C12H12BrClN4/c1-7(8-2-4-9(13)5-3-8)16-11-6-10(14)17-12(15)18-11/h2-7H,1H3,(H3,15,16,17,18). The maximum atomic E-state index is 5.82. The highest BCUT2D eigenvalue weighted by Gasteiger charge is 2.07. The minimum absolute atomic E-state index is 0.100. The maximum absolute atomic E-state index is 5.82. The Hall–Kier alpha value is -1.33. The van der Waals surface area contributed by atoms with Gasteiger partial charge in [-0.25, -0.2) is 4.98 Å². The van der Waals surface area contributed by atoms with Crippen molar-refractivity contribution in [2.45, 2.75) is 13.0 Å². The summed E-state index contributed by atoms with van der Waals surface area (Å²) < 4.78 is 1.05. The average molecular weight is 328 g/mol. The molecule has 0 aliphatic rings. The highest BCUT2D eigenvalue weighted by molar-refractivity contribution is 9.10. The normalized spacial score (nSPS) is 12.2. The number of halogens is 2. The van der Waals surface area contributed by atoms with Gasteiger partial charge in [0.2, 0.25) is 5.95 Å². The van der Waals surface area contributed by atoms with Crippen LogP contribution in [0.25, 0.3) is 0 Å². The van der Waals surface area contributed by atoms with Crippen molar-refractivity contribution in [2.24, 2.45) is 0 Å². The topological polar surface area (TPSA) is 63.8 Å². The molecule has 0 spiro atoms. The highest BCUT2D eigenvalue weighted by atomic mass is 79.9. The number of nitrogen functional groups attached to an aromatic ring is 1. The molecule has 3 N–H and O–H groups in total. The van der Waals surface area contributed by atoms with Gasteiger partial charge in [-0.15, -0.1) is 0 Å². The van der Waals surface area contributed by atoms with Gasteiger partial charge >= 0.3 is 0 Å². The van der Waals surface area contributed by atoms with Gasteiger partial charge in [-0.3, -0.25) is 0 Å². The minimum atomic E-state index is 0.100. The second kappa shape index (κ2) is 5.54. The number of rotatable bonds is 3. The molecule has 0 bridgehead atoms. The van der Waals surface area contributed by atoms with E-state index in [1.165, 1.54) is 0 Å². The lowest BCUT2D eigenvalue weighted by Crippen LogP contribution is -2.09. The van der Waals surface area contributed by atoms with Gasteiger partial charge < -0.3 is 11.1 Å². The fourth-order valence-electron chi connectivity index (χ4n) is 1.57. The third-order valence-electron chi connectivity index (χ3n) is 2.45. The van der Waals surface area contributed by atoms with Crippen LogP contribution in [0.5, 0.6) is 0 Å². The summed E-state index contributed by atoms with van der Waals surface area (Å²) in [6, 6.07) is 9.81. The van der Waals surface area contributed by atoms with Crippen molar-refractivity contribution in [2.75, 3.05) is 11.1 Å². The van der Waals surface area contributed by atoms with E-state index >= 15 is 0 Å². The first-order valence-corrected chi connectivity index (χ1v) is 6.54. The van der Waals surface area contributed by atoms with Crippen molar-refractivity contribution in [1.29, 1.82) is 0 Å². The summed E-state index contributed by atoms with van der Waals surface area (Å²) in [5, 5.41) is 3.56. The molecule has 1 unspecified atom stereocenters. The van der Waals surface area contributed by atoms with E-state index in [-0.39, 0.29) is 12.0 Å². The molecule has 0 amide bonds. The van der Waals surface area contributed by atoms with Crippen molar-refractivity contribution in [3.05, 3.63) is 45.5 Å². The molecule has 18 heavy (non-hydrogen) atoms. The molecule has 1 atom stereocenters. The Morgan fingerprint density at radius 1 is 1.28 bits per heavy atom. The second-order valence-corrected chi connectivity index (χ2v) is 5.15. The number of aromatic nitrogens is 2. The van der Waals surface area contributed by atoms with Crippen LogP contribution in [-0.2, 0) is 0 Å². The first kappa shape index (κ1) is 13.1. The van der Waals surface area contributed by atoms with Crippen molar-refractivity contribution in [3.63, 3.8) is 0 Å². The fraction of sp³-hybridized carbons (Fsp3) is 0.167. The van der Waals surface area contributed by atoms with Crippen LogP contribution in [-0.4, -0.2) is 9.97 Å². The molecule has 1 aromatic heterocycles. The van der Waals surface area contributed by atoms with E-state index < -0.39 is 0 Å². The zero-order valence-electron chi connectivity index (χ0n) is 9.69. The van der Waals surface area contributed by atoms with Gasteiger partial charge in [0.15, 0.2) is 0 Å². The quantitative estimate of drug-likeness (QED) is 0.845. The Labute approximate surface area is 119 Å². The Morgan fingerprint density at radius 3 is 2.56 bits per heavy atom. The molecule has 1 heterocycles. The summed E-state index contributed by atoms with van der Waals surface area (Å²) in [6.45, 7) is 2.04. The Balaban J connectivity index is 2.15.